The normalized spacial score (nSPS) is 16.1. The Morgan fingerprint density at radius 3 is 2.67 bits per heavy atom. The molecule has 1 aliphatic heterocycles. The van der Waals surface area contributed by atoms with Crippen LogP contribution >= 0.6 is 0 Å². The number of likely N-dealkylation sites (N-methyl/N-ethyl adjacent to an activating group) is 1. The highest BCUT2D eigenvalue weighted by Crippen LogP contribution is 2.22. The molecule has 0 bridgehead atoms. The fourth-order valence-corrected chi connectivity index (χ4v) is 2.95. The molecule has 0 aliphatic carbocycles. The Labute approximate surface area is 160 Å². The van der Waals surface area contributed by atoms with Gasteiger partial charge >= 0.3 is 0 Å². The van der Waals surface area contributed by atoms with Crippen molar-refractivity contribution in [3.63, 3.8) is 0 Å². The largest absolute Gasteiger partial charge is 0.481 e. The molecule has 0 spiro atoms. The van der Waals surface area contributed by atoms with Crippen LogP contribution in [0.4, 0.5) is 11.6 Å². The minimum absolute atomic E-state index is 0.237. The number of anilines is 2. The minimum Gasteiger partial charge on any atom is -0.481 e. The number of benzene rings is 1. The predicted molar refractivity (Wildman–Crippen MR) is 106 cm³/mol. The highest BCUT2D eigenvalue weighted by Gasteiger charge is 2.19. The quantitative estimate of drug-likeness (QED) is 0.872. The number of ether oxygens (including phenoxy) is 1. The molecular formula is C20H27N5O2. The molecule has 0 radical (unpaired) electrons. The van der Waals surface area contributed by atoms with E-state index in [2.05, 4.69) is 32.1 Å². The molecule has 3 rings (SSSR count). The van der Waals surface area contributed by atoms with Crippen LogP contribution in [0.5, 0.6) is 5.75 Å². The van der Waals surface area contributed by atoms with Gasteiger partial charge in [0.2, 0.25) is 0 Å². The van der Waals surface area contributed by atoms with Gasteiger partial charge in [-0.05, 0) is 45.0 Å². The summed E-state index contributed by atoms with van der Waals surface area (Å²) in [5.41, 5.74) is 2.17. The zero-order valence-corrected chi connectivity index (χ0v) is 16.4. The number of hydrogen-bond acceptors (Lipinski definition) is 6. The van der Waals surface area contributed by atoms with Crippen LogP contribution in [-0.2, 0) is 4.79 Å². The van der Waals surface area contributed by atoms with E-state index in [1.165, 1.54) is 6.33 Å². The lowest BCUT2D eigenvalue weighted by molar-refractivity contribution is -0.122. The van der Waals surface area contributed by atoms with Crippen molar-refractivity contribution < 1.29 is 9.53 Å². The molecule has 144 valence electrons. The standard InChI is InChI=1S/C20H27N5O2/c1-14-6-5-7-17(15(14)2)27-16(3)20(26)23-18-12-19(22-13-21-18)25-10-8-24(4)9-11-25/h5-7,12-13,16H,8-11H2,1-4H3,(H,21,22,23,26)/t16-/m0/s1. The van der Waals surface area contributed by atoms with Crippen LogP contribution in [0.15, 0.2) is 30.6 Å². The summed E-state index contributed by atoms with van der Waals surface area (Å²) in [7, 11) is 2.11. The molecule has 1 amide bonds. The third kappa shape index (κ3) is 4.74. The van der Waals surface area contributed by atoms with E-state index in [1.54, 1.807) is 6.92 Å². The van der Waals surface area contributed by atoms with Crippen LogP contribution in [-0.4, -0.2) is 60.1 Å². The summed E-state index contributed by atoms with van der Waals surface area (Å²) in [6, 6.07) is 7.64. The molecule has 1 aromatic carbocycles. The summed E-state index contributed by atoms with van der Waals surface area (Å²) < 4.78 is 5.85. The van der Waals surface area contributed by atoms with Crippen molar-refractivity contribution in [2.24, 2.45) is 0 Å². The smallest absolute Gasteiger partial charge is 0.266 e. The molecule has 1 atom stereocenters. The van der Waals surface area contributed by atoms with E-state index in [9.17, 15) is 4.79 Å². The molecule has 1 aliphatic rings. The number of amides is 1. The number of hydrogen-bond donors (Lipinski definition) is 1. The lowest BCUT2D eigenvalue weighted by atomic mass is 10.1. The summed E-state index contributed by atoms with van der Waals surface area (Å²) in [4.78, 5) is 25.5. The molecule has 7 nitrogen and oxygen atoms in total. The number of carbonyl (C=O) groups is 1. The Hall–Kier alpha value is -2.67. The monoisotopic (exact) mass is 369 g/mol. The Kier molecular flexibility index (Phi) is 5.91. The summed E-state index contributed by atoms with van der Waals surface area (Å²) in [5, 5.41) is 2.83. The second kappa shape index (κ2) is 8.35. The summed E-state index contributed by atoms with van der Waals surface area (Å²) in [5.74, 6) is 1.80. The molecule has 27 heavy (non-hydrogen) atoms. The van der Waals surface area contributed by atoms with Gasteiger partial charge in [-0.2, -0.15) is 0 Å². The first kappa shape index (κ1) is 19.1. The Morgan fingerprint density at radius 1 is 1.19 bits per heavy atom. The van der Waals surface area contributed by atoms with E-state index in [-0.39, 0.29) is 5.91 Å². The van der Waals surface area contributed by atoms with Crippen LogP contribution in [0.1, 0.15) is 18.1 Å². The van der Waals surface area contributed by atoms with Crippen molar-refractivity contribution in [1.82, 2.24) is 14.9 Å². The highest BCUT2D eigenvalue weighted by molar-refractivity contribution is 5.93. The van der Waals surface area contributed by atoms with Gasteiger partial charge in [0, 0.05) is 32.2 Å². The third-order valence-electron chi connectivity index (χ3n) is 4.96. The van der Waals surface area contributed by atoms with Gasteiger partial charge in [0.05, 0.1) is 0 Å². The second-order valence-electron chi connectivity index (χ2n) is 7.00. The van der Waals surface area contributed by atoms with Gasteiger partial charge in [-0.25, -0.2) is 9.97 Å². The van der Waals surface area contributed by atoms with E-state index in [1.807, 2.05) is 38.1 Å². The van der Waals surface area contributed by atoms with Crippen molar-refractivity contribution >= 4 is 17.5 Å². The fraction of sp³-hybridized carbons (Fsp3) is 0.450. The van der Waals surface area contributed by atoms with Crippen molar-refractivity contribution in [3.05, 3.63) is 41.7 Å². The molecule has 1 aromatic heterocycles. The van der Waals surface area contributed by atoms with Crippen LogP contribution in [0.25, 0.3) is 0 Å². The maximum Gasteiger partial charge on any atom is 0.266 e. The van der Waals surface area contributed by atoms with E-state index < -0.39 is 6.10 Å². The maximum atomic E-state index is 12.5. The number of aryl methyl sites for hydroxylation is 1. The number of carbonyl (C=O) groups excluding carboxylic acids is 1. The van der Waals surface area contributed by atoms with Gasteiger partial charge in [0.25, 0.3) is 5.91 Å². The second-order valence-corrected chi connectivity index (χ2v) is 7.00. The van der Waals surface area contributed by atoms with Gasteiger partial charge < -0.3 is 19.9 Å². The number of nitrogens with one attached hydrogen (secondary N) is 1. The summed E-state index contributed by atoms with van der Waals surface area (Å²) >= 11 is 0. The topological polar surface area (TPSA) is 70.6 Å². The molecule has 1 N–H and O–H groups in total. The van der Waals surface area contributed by atoms with Crippen molar-refractivity contribution in [2.75, 3.05) is 43.4 Å². The molecule has 7 heteroatoms. The zero-order chi connectivity index (χ0) is 19.4. The molecule has 1 saturated heterocycles. The summed E-state index contributed by atoms with van der Waals surface area (Å²) in [6.45, 7) is 9.55. The number of piperazine rings is 1. The first-order valence-electron chi connectivity index (χ1n) is 9.23. The molecular weight excluding hydrogens is 342 g/mol. The average Bonchev–Trinajstić information content (AvgIpc) is 2.66. The van der Waals surface area contributed by atoms with Gasteiger partial charge in [-0.3, -0.25) is 4.79 Å². The van der Waals surface area contributed by atoms with E-state index in [4.69, 9.17) is 4.74 Å². The lowest BCUT2D eigenvalue weighted by Crippen LogP contribution is -2.44. The molecule has 0 unspecified atom stereocenters. The first-order valence-corrected chi connectivity index (χ1v) is 9.23. The molecule has 2 heterocycles. The lowest BCUT2D eigenvalue weighted by Gasteiger charge is -2.33. The third-order valence-corrected chi connectivity index (χ3v) is 4.96. The van der Waals surface area contributed by atoms with Gasteiger partial charge in [0.15, 0.2) is 6.10 Å². The molecule has 0 saturated carbocycles. The van der Waals surface area contributed by atoms with E-state index >= 15 is 0 Å². The highest BCUT2D eigenvalue weighted by atomic mass is 16.5. The Balaban J connectivity index is 1.63. The van der Waals surface area contributed by atoms with Gasteiger partial charge in [0.1, 0.15) is 23.7 Å². The van der Waals surface area contributed by atoms with Crippen LogP contribution < -0.4 is 15.0 Å². The van der Waals surface area contributed by atoms with Gasteiger partial charge in [-0.15, -0.1) is 0 Å². The number of aromatic nitrogens is 2. The van der Waals surface area contributed by atoms with Crippen molar-refractivity contribution in [2.45, 2.75) is 26.9 Å². The Bertz CT molecular complexity index is 803. The molecule has 2 aromatic rings. The van der Waals surface area contributed by atoms with Crippen LogP contribution in [0, 0.1) is 13.8 Å². The van der Waals surface area contributed by atoms with Crippen molar-refractivity contribution in [3.8, 4) is 5.75 Å². The maximum absolute atomic E-state index is 12.5. The van der Waals surface area contributed by atoms with Gasteiger partial charge in [-0.1, -0.05) is 12.1 Å². The SMILES string of the molecule is Cc1cccc(O[C@@H](C)C(=O)Nc2cc(N3CCN(C)CC3)ncn2)c1C. The number of rotatable bonds is 5. The molecule has 1 fully saturated rings. The van der Waals surface area contributed by atoms with E-state index in [0.29, 0.717) is 5.82 Å². The fourth-order valence-electron chi connectivity index (χ4n) is 2.95. The van der Waals surface area contributed by atoms with E-state index in [0.717, 1.165) is 48.9 Å². The minimum atomic E-state index is -0.632. The van der Waals surface area contributed by atoms with Crippen LogP contribution in [0.2, 0.25) is 0 Å². The zero-order valence-electron chi connectivity index (χ0n) is 16.4. The summed E-state index contributed by atoms with van der Waals surface area (Å²) in [6.07, 6.45) is 0.854. The van der Waals surface area contributed by atoms with Crippen molar-refractivity contribution in [1.29, 1.82) is 0 Å². The first-order chi connectivity index (χ1) is 12.9. The predicted octanol–water partition coefficient (Wildman–Crippen LogP) is 2.25. The average molecular weight is 369 g/mol. The Morgan fingerprint density at radius 2 is 1.93 bits per heavy atom. The number of nitrogens with zero attached hydrogens (tertiary/aromatic N) is 4. The van der Waals surface area contributed by atoms with Crippen LogP contribution in [0.3, 0.4) is 0 Å².